The van der Waals surface area contributed by atoms with Gasteiger partial charge in [0.15, 0.2) is 11.6 Å². The molecule has 0 amide bonds. The van der Waals surface area contributed by atoms with E-state index in [1.54, 1.807) is 6.08 Å². The lowest BCUT2D eigenvalue weighted by atomic mass is 9.92. The lowest BCUT2D eigenvalue weighted by Crippen LogP contribution is -2.02. The molecule has 0 aromatic heterocycles. The lowest BCUT2D eigenvalue weighted by Gasteiger charge is -2.17. The Balaban J connectivity index is 1.23. The minimum atomic E-state index is -0.0585. The van der Waals surface area contributed by atoms with Crippen LogP contribution in [0.5, 0.6) is 0 Å². The second kappa shape index (κ2) is 12.5. The van der Waals surface area contributed by atoms with Gasteiger partial charge in [-0.1, -0.05) is 133 Å². The van der Waals surface area contributed by atoms with Gasteiger partial charge in [0.05, 0.1) is 0 Å². The number of benzene rings is 4. The largest absolute Gasteiger partial charge is 0.294 e. The summed E-state index contributed by atoms with van der Waals surface area (Å²) < 4.78 is 0. The van der Waals surface area contributed by atoms with Gasteiger partial charge in [0.25, 0.3) is 0 Å². The standard InChI is InChI=1S/C36H29ClO2/c37-36-32(22-24-34(38)30-18-14-28(15-19-30)26-8-3-1-4-9-26)12-7-13-33(36)23-25-35(39)31-20-16-29(17-21-31)27-10-5-2-6-11-27/h1-6,8-11,14-24H,7,12-13,25H2/b24-22+,33-23+. The minimum absolute atomic E-state index is 0.0585. The molecule has 5 rings (SSSR count). The topological polar surface area (TPSA) is 34.1 Å². The van der Waals surface area contributed by atoms with Crippen LogP contribution in [0.1, 0.15) is 46.4 Å². The van der Waals surface area contributed by atoms with E-state index in [0.717, 1.165) is 52.7 Å². The Morgan fingerprint density at radius 2 is 1.15 bits per heavy atom. The highest BCUT2D eigenvalue weighted by Crippen LogP contribution is 2.33. The number of hydrogen-bond donors (Lipinski definition) is 0. The van der Waals surface area contributed by atoms with Gasteiger partial charge in [-0.05, 0) is 58.7 Å². The van der Waals surface area contributed by atoms with Gasteiger partial charge in [-0.3, -0.25) is 9.59 Å². The zero-order valence-corrected chi connectivity index (χ0v) is 22.4. The van der Waals surface area contributed by atoms with Gasteiger partial charge in [-0.15, -0.1) is 0 Å². The summed E-state index contributed by atoms with van der Waals surface area (Å²) in [7, 11) is 0. The van der Waals surface area contributed by atoms with Crippen LogP contribution < -0.4 is 0 Å². The Kier molecular flexibility index (Phi) is 8.45. The van der Waals surface area contributed by atoms with Gasteiger partial charge < -0.3 is 0 Å². The highest BCUT2D eigenvalue weighted by molar-refractivity contribution is 6.32. The molecule has 0 bridgehead atoms. The Morgan fingerprint density at radius 1 is 0.641 bits per heavy atom. The van der Waals surface area contributed by atoms with Crippen molar-refractivity contribution in [2.75, 3.05) is 0 Å². The summed E-state index contributed by atoms with van der Waals surface area (Å²) in [4.78, 5) is 25.6. The minimum Gasteiger partial charge on any atom is -0.294 e. The highest BCUT2D eigenvalue weighted by Gasteiger charge is 2.15. The first-order valence-electron chi connectivity index (χ1n) is 13.2. The molecule has 1 aliphatic rings. The van der Waals surface area contributed by atoms with Gasteiger partial charge in [-0.25, -0.2) is 0 Å². The third-order valence-corrected chi connectivity index (χ3v) is 7.50. The van der Waals surface area contributed by atoms with E-state index in [2.05, 4.69) is 24.3 Å². The van der Waals surface area contributed by atoms with Gasteiger partial charge in [0.1, 0.15) is 0 Å². The van der Waals surface area contributed by atoms with Crippen LogP contribution in [0.2, 0.25) is 0 Å². The fourth-order valence-electron chi connectivity index (χ4n) is 4.79. The van der Waals surface area contributed by atoms with Crippen molar-refractivity contribution >= 4 is 23.2 Å². The molecule has 4 aromatic carbocycles. The number of halogens is 1. The fourth-order valence-corrected chi connectivity index (χ4v) is 5.12. The number of carbonyl (C=O) groups is 2. The summed E-state index contributed by atoms with van der Waals surface area (Å²) in [6.07, 6.45) is 8.21. The van der Waals surface area contributed by atoms with Crippen molar-refractivity contribution in [2.24, 2.45) is 0 Å². The molecule has 2 nitrogen and oxygen atoms in total. The van der Waals surface area contributed by atoms with Crippen LogP contribution in [-0.2, 0) is 0 Å². The molecule has 4 aromatic rings. The van der Waals surface area contributed by atoms with Crippen molar-refractivity contribution in [1.29, 1.82) is 0 Å². The average molecular weight is 529 g/mol. The molecule has 0 saturated heterocycles. The van der Waals surface area contributed by atoms with E-state index >= 15 is 0 Å². The lowest BCUT2D eigenvalue weighted by molar-refractivity contribution is 0.0994. The molecule has 1 aliphatic carbocycles. The molecule has 0 spiro atoms. The van der Waals surface area contributed by atoms with Crippen molar-refractivity contribution in [2.45, 2.75) is 25.7 Å². The molecule has 0 fully saturated rings. The van der Waals surface area contributed by atoms with Crippen molar-refractivity contribution in [3.63, 3.8) is 0 Å². The summed E-state index contributed by atoms with van der Waals surface area (Å²) in [5.74, 6) is 0.000167. The van der Waals surface area contributed by atoms with Crippen LogP contribution in [-0.4, -0.2) is 11.6 Å². The van der Waals surface area contributed by atoms with Crippen LogP contribution in [0.4, 0.5) is 0 Å². The fraction of sp³-hybridized carbons (Fsp3) is 0.111. The van der Waals surface area contributed by atoms with E-state index in [4.69, 9.17) is 11.6 Å². The second-order valence-corrected chi connectivity index (χ2v) is 10.0. The number of carbonyl (C=O) groups excluding carboxylic acids is 2. The van der Waals surface area contributed by atoms with Crippen LogP contribution >= 0.6 is 11.6 Å². The molecule has 39 heavy (non-hydrogen) atoms. The second-order valence-electron chi connectivity index (χ2n) is 9.63. The summed E-state index contributed by atoms with van der Waals surface area (Å²) in [6, 6.07) is 35.6. The predicted octanol–water partition coefficient (Wildman–Crippen LogP) is 9.64. The van der Waals surface area contributed by atoms with Gasteiger partial charge >= 0.3 is 0 Å². The summed E-state index contributed by atoms with van der Waals surface area (Å²) in [5.41, 5.74) is 7.63. The summed E-state index contributed by atoms with van der Waals surface area (Å²) >= 11 is 6.72. The van der Waals surface area contributed by atoms with Crippen LogP contribution in [0.3, 0.4) is 0 Å². The molecule has 0 aliphatic heterocycles. The van der Waals surface area contributed by atoms with E-state index < -0.39 is 0 Å². The van der Waals surface area contributed by atoms with E-state index in [1.807, 2.05) is 97.1 Å². The van der Waals surface area contributed by atoms with Crippen molar-refractivity contribution < 1.29 is 9.59 Å². The molecule has 0 N–H and O–H groups in total. The third-order valence-electron chi connectivity index (χ3n) is 7.02. The monoisotopic (exact) mass is 528 g/mol. The number of hydrogen-bond acceptors (Lipinski definition) is 2. The number of rotatable bonds is 8. The first-order valence-corrected chi connectivity index (χ1v) is 13.6. The molecule has 0 radical (unpaired) electrons. The molecule has 0 unspecified atom stereocenters. The molecular formula is C36H29ClO2. The maximum atomic E-state index is 12.8. The quantitative estimate of drug-likeness (QED) is 0.168. The highest BCUT2D eigenvalue weighted by atomic mass is 35.5. The van der Waals surface area contributed by atoms with Crippen LogP contribution in [0.25, 0.3) is 22.3 Å². The Hall–Kier alpha value is -4.27. The van der Waals surface area contributed by atoms with Crippen molar-refractivity contribution in [1.82, 2.24) is 0 Å². The third kappa shape index (κ3) is 6.60. The molecule has 192 valence electrons. The van der Waals surface area contributed by atoms with Crippen molar-refractivity contribution in [3.05, 3.63) is 155 Å². The first-order chi connectivity index (χ1) is 19.1. The van der Waals surface area contributed by atoms with E-state index in [9.17, 15) is 9.59 Å². The van der Waals surface area contributed by atoms with Crippen LogP contribution in [0.15, 0.2) is 144 Å². The van der Waals surface area contributed by atoms with Gasteiger partial charge in [0, 0.05) is 22.6 Å². The van der Waals surface area contributed by atoms with E-state index in [0.29, 0.717) is 22.6 Å². The average Bonchev–Trinajstić information content (AvgIpc) is 3.00. The maximum Gasteiger partial charge on any atom is 0.185 e. The maximum absolute atomic E-state index is 12.8. The zero-order chi connectivity index (χ0) is 27.0. The van der Waals surface area contributed by atoms with Gasteiger partial charge in [-0.2, -0.15) is 0 Å². The summed E-state index contributed by atoms with van der Waals surface area (Å²) in [5, 5.41) is 0.650. The predicted molar refractivity (Wildman–Crippen MR) is 161 cm³/mol. The summed E-state index contributed by atoms with van der Waals surface area (Å²) in [6.45, 7) is 0. The number of Topliss-reactive ketones (excluding diaryl/α,β-unsaturated/α-hetero) is 1. The smallest absolute Gasteiger partial charge is 0.185 e. The first kappa shape index (κ1) is 26.3. The Morgan fingerprint density at radius 3 is 1.72 bits per heavy atom. The Bertz CT molecular complexity index is 1540. The SMILES string of the molecule is O=C(/C=C/C1=C(Cl)C(=C/CC(=O)c2ccc(-c3ccccc3)cc2)/CCC1)c1ccc(-c2ccccc2)cc1. The van der Waals surface area contributed by atoms with Crippen molar-refractivity contribution in [3.8, 4) is 22.3 Å². The molecule has 0 saturated carbocycles. The molecular weight excluding hydrogens is 500 g/mol. The van der Waals surface area contributed by atoms with Crippen LogP contribution in [0, 0.1) is 0 Å². The normalized spacial score (nSPS) is 14.6. The molecule has 0 atom stereocenters. The Labute approximate surface area is 235 Å². The zero-order valence-electron chi connectivity index (χ0n) is 21.6. The molecule has 3 heteroatoms. The van der Waals surface area contributed by atoms with Gasteiger partial charge in [0.2, 0.25) is 0 Å². The van der Waals surface area contributed by atoms with E-state index in [-0.39, 0.29) is 11.6 Å². The number of ketones is 2. The number of allylic oxidation sites excluding steroid dienone is 6. The molecule has 0 heterocycles. The van der Waals surface area contributed by atoms with E-state index in [1.165, 1.54) is 0 Å².